The van der Waals surface area contributed by atoms with Gasteiger partial charge in [-0.25, -0.2) is 4.39 Å². The molecule has 2 heterocycles. The summed E-state index contributed by atoms with van der Waals surface area (Å²) < 4.78 is 66.9. The van der Waals surface area contributed by atoms with Gasteiger partial charge in [-0.15, -0.1) is 6.58 Å². The molecule has 0 atom stereocenters. The van der Waals surface area contributed by atoms with Crippen molar-refractivity contribution in [2.75, 3.05) is 0 Å². The number of allylic oxidation sites excluding steroid dienone is 2. The minimum absolute atomic E-state index is 0.212. The number of aromatic nitrogens is 2. The first kappa shape index (κ1) is 18.7. The van der Waals surface area contributed by atoms with Crippen LogP contribution in [0.15, 0.2) is 30.8 Å². The van der Waals surface area contributed by atoms with Gasteiger partial charge in [-0.05, 0) is 27.7 Å². The third kappa shape index (κ3) is 3.42. The van der Waals surface area contributed by atoms with Crippen LogP contribution in [0.3, 0.4) is 0 Å². The van der Waals surface area contributed by atoms with Crippen LogP contribution in [0.5, 0.6) is 0 Å². The maximum atomic E-state index is 14.7. The Bertz CT molecular complexity index is 649. The maximum absolute atomic E-state index is 14.7. The van der Waals surface area contributed by atoms with Gasteiger partial charge in [0.05, 0.1) is 29.5 Å². The van der Waals surface area contributed by atoms with Crippen molar-refractivity contribution >= 4 is 12.7 Å². The Kier molecular flexibility index (Phi) is 4.71. The molecule has 1 saturated heterocycles. The molecule has 2 rings (SSSR count). The van der Waals surface area contributed by atoms with E-state index in [-0.39, 0.29) is 6.54 Å². The van der Waals surface area contributed by atoms with Crippen molar-refractivity contribution in [3.63, 3.8) is 0 Å². The van der Waals surface area contributed by atoms with E-state index in [0.717, 1.165) is 12.4 Å². The van der Waals surface area contributed by atoms with E-state index in [1.54, 1.807) is 27.7 Å². The molecule has 1 fully saturated rings. The lowest BCUT2D eigenvalue weighted by molar-refractivity contribution is -0.0699. The van der Waals surface area contributed by atoms with Gasteiger partial charge in [-0.2, -0.15) is 18.3 Å². The van der Waals surface area contributed by atoms with Gasteiger partial charge in [0, 0.05) is 11.8 Å². The molecule has 0 N–H and O–H groups in total. The largest absolute Gasteiger partial charge is 0.525 e. The van der Waals surface area contributed by atoms with Crippen molar-refractivity contribution in [2.24, 2.45) is 0 Å². The molecule has 0 aliphatic carbocycles. The van der Waals surface area contributed by atoms with Gasteiger partial charge in [0.1, 0.15) is 5.73 Å². The zero-order valence-electron chi connectivity index (χ0n) is 13.9. The second-order valence-corrected chi connectivity index (χ2v) is 6.55. The average molecular weight is 346 g/mol. The molecule has 0 spiro atoms. The van der Waals surface area contributed by atoms with E-state index in [0.29, 0.717) is 0 Å². The highest BCUT2D eigenvalue weighted by atomic mass is 19.4. The van der Waals surface area contributed by atoms with E-state index in [1.165, 1.54) is 10.8 Å². The van der Waals surface area contributed by atoms with Gasteiger partial charge in [0.25, 0.3) is 0 Å². The normalized spacial score (nSPS) is 20.9. The van der Waals surface area contributed by atoms with Crippen molar-refractivity contribution < 1.29 is 26.9 Å². The van der Waals surface area contributed by atoms with Crippen molar-refractivity contribution in [1.82, 2.24) is 9.78 Å². The first-order valence-corrected chi connectivity index (χ1v) is 7.35. The second-order valence-electron chi connectivity index (χ2n) is 6.55. The predicted molar refractivity (Wildman–Crippen MR) is 82.6 cm³/mol. The molecule has 4 nitrogen and oxygen atoms in total. The van der Waals surface area contributed by atoms with Gasteiger partial charge in [0.15, 0.2) is 0 Å². The Hall–Kier alpha value is -1.61. The first-order chi connectivity index (χ1) is 10.9. The van der Waals surface area contributed by atoms with Crippen LogP contribution in [0.25, 0.3) is 5.57 Å². The molecule has 24 heavy (non-hydrogen) atoms. The SMILES string of the molecule is C=CCn1cc(C(=C(F)B2OC(C)(C)C(C)(C)O2)C(F)(F)F)cn1. The highest BCUT2D eigenvalue weighted by molar-refractivity contribution is 6.55. The second kappa shape index (κ2) is 6.04. The maximum Gasteiger partial charge on any atom is 0.525 e. The fourth-order valence-electron chi connectivity index (χ4n) is 2.23. The molecule has 9 heteroatoms. The topological polar surface area (TPSA) is 36.3 Å². The number of alkyl halides is 3. The van der Waals surface area contributed by atoms with Crippen molar-refractivity contribution in [3.05, 3.63) is 36.3 Å². The van der Waals surface area contributed by atoms with Crippen molar-refractivity contribution in [2.45, 2.75) is 51.6 Å². The molecular formula is C15H19BF4N2O2. The van der Waals surface area contributed by atoms with E-state index in [2.05, 4.69) is 11.7 Å². The quantitative estimate of drug-likeness (QED) is 0.471. The molecular weight excluding hydrogens is 327 g/mol. The van der Waals surface area contributed by atoms with Crippen molar-refractivity contribution in [1.29, 1.82) is 0 Å². The van der Waals surface area contributed by atoms with Crippen LogP contribution in [0, 0.1) is 0 Å². The number of hydrogen-bond donors (Lipinski definition) is 0. The Labute approximate surface area is 138 Å². The molecule has 0 bridgehead atoms. The third-order valence-corrected chi connectivity index (χ3v) is 4.22. The summed E-state index contributed by atoms with van der Waals surface area (Å²) in [4.78, 5) is 0. The molecule has 1 aromatic heterocycles. The van der Waals surface area contributed by atoms with Gasteiger partial charge >= 0.3 is 13.3 Å². The van der Waals surface area contributed by atoms with E-state index in [9.17, 15) is 17.6 Å². The minimum atomic E-state index is -4.92. The highest BCUT2D eigenvalue weighted by Gasteiger charge is 2.55. The van der Waals surface area contributed by atoms with Crippen molar-refractivity contribution in [3.8, 4) is 0 Å². The van der Waals surface area contributed by atoms with Gasteiger partial charge in [-0.3, -0.25) is 4.68 Å². The zero-order chi connectivity index (χ0) is 18.3. The fraction of sp³-hybridized carbons (Fsp3) is 0.533. The summed E-state index contributed by atoms with van der Waals surface area (Å²) in [5.74, 6) is 0. The molecule has 0 unspecified atom stereocenters. The zero-order valence-corrected chi connectivity index (χ0v) is 13.9. The van der Waals surface area contributed by atoms with E-state index in [4.69, 9.17) is 9.31 Å². The molecule has 1 aliphatic rings. The molecule has 1 aliphatic heterocycles. The lowest BCUT2D eigenvalue weighted by atomic mass is 9.83. The Balaban J connectivity index is 2.47. The summed E-state index contributed by atoms with van der Waals surface area (Å²) in [6, 6.07) is 0. The molecule has 1 aromatic rings. The molecule has 132 valence electrons. The summed E-state index contributed by atoms with van der Waals surface area (Å²) >= 11 is 0. The third-order valence-electron chi connectivity index (χ3n) is 4.22. The van der Waals surface area contributed by atoms with Gasteiger partial charge in [-0.1, -0.05) is 6.08 Å². The van der Waals surface area contributed by atoms with E-state index < -0.39 is 41.4 Å². The Morgan fingerprint density at radius 2 is 1.83 bits per heavy atom. The number of nitrogens with zero attached hydrogens (tertiary/aromatic N) is 2. The fourth-order valence-corrected chi connectivity index (χ4v) is 2.23. The van der Waals surface area contributed by atoms with Crippen LogP contribution in [0.1, 0.15) is 33.3 Å². The summed E-state index contributed by atoms with van der Waals surface area (Å²) in [5.41, 5.74) is -5.25. The summed E-state index contributed by atoms with van der Waals surface area (Å²) in [6.07, 6.45) is -1.39. The number of rotatable bonds is 4. The van der Waals surface area contributed by atoms with Crippen LogP contribution in [-0.2, 0) is 15.9 Å². The van der Waals surface area contributed by atoms with Gasteiger partial charge in [0.2, 0.25) is 0 Å². The van der Waals surface area contributed by atoms with Crippen LogP contribution in [-0.4, -0.2) is 34.3 Å². The standard InChI is InChI=1S/C15H19BF4N2O2/c1-6-7-22-9-10(8-21-22)11(15(18,19)20)12(17)16-23-13(2,3)14(4,5)24-16/h6,8-9H,1,7H2,2-5H3. The Morgan fingerprint density at radius 1 is 1.29 bits per heavy atom. The molecule has 0 saturated carbocycles. The monoisotopic (exact) mass is 346 g/mol. The summed E-state index contributed by atoms with van der Waals surface area (Å²) in [7, 11) is -1.73. The smallest absolute Gasteiger partial charge is 0.398 e. The lowest BCUT2D eigenvalue weighted by Crippen LogP contribution is -2.41. The highest BCUT2D eigenvalue weighted by Crippen LogP contribution is 2.43. The predicted octanol–water partition coefficient (Wildman–Crippen LogP) is 3.94. The van der Waals surface area contributed by atoms with Crippen LogP contribution < -0.4 is 0 Å². The van der Waals surface area contributed by atoms with Crippen LogP contribution in [0.2, 0.25) is 0 Å². The molecule has 0 amide bonds. The Morgan fingerprint density at radius 3 is 2.29 bits per heavy atom. The van der Waals surface area contributed by atoms with Crippen LogP contribution in [0.4, 0.5) is 17.6 Å². The van der Waals surface area contributed by atoms with Crippen LogP contribution >= 0.6 is 0 Å². The lowest BCUT2D eigenvalue weighted by Gasteiger charge is -2.32. The first-order valence-electron chi connectivity index (χ1n) is 7.35. The number of halogens is 4. The molecule has 0 aromatic carbocycles. The van der Waals surface area contributed by atoms with E-state index in [1.807, 2.05) is 0 Å². The summed E-state index contributed by atoms with van der Waals surface area (Å²) in [5, 5.41) is 3.77. The van der Waals surface area contributed by atoms with E-state index >= 15 is 0 Å². The average Bonchev–Trinajstić information content (AvgIpc) is 2.92. The summed E-state index contributed by atoms with van der Waals surface area (Å²) in [6.45, 7) is 10.2. The number of hydrogen-bond acceptors (Lipinski definition) is 3. The minimum Gasteiger partial charge on any atom is -0.398 e. The molecule has 0 radical (unpaired) electrons. The van der Waals surface area contributed by atoms with Gasteiger partial charge < -0.3 is 9.31 Å².